The molecule has 1 rings (SSSR count). The van der Waals surface area contributed by atoms with Crippen molar-refractivity contribution in [3.63, 3.8) is 0 Å². The second kappa shape index (κ2) is 7.20. The lowest BCUT2D eigenvalue weighted by Gasteiger charge is -2.05. The van der Waals surface area contributed by atoms with Gasteiger partial charge in [-0.25, -0.2) is 0 Å². The normalized spacial score (nSPS) is 10.5. The summed E-state index contributed by atoms with van der Waals surface area (Å²) < 4.78 is 10.0. The van der Waals surface area contributed by atoms with Gasteiger partial charge in [-0.3, -0.25) is 4.79 Å². The molecule has 17 heavy (non-hydrogen) atoms. The molecule has 0 saturated carbocycles. The monoisotopic (exact) mass is 236 g/mol. The topological polar surface area (TPSA) is 35.5 Å². The van der Waals surface area contributed by atoms with Crippen molar-refractivity contribution in [3.05, 3.63) is 34.9 Å². The van der Waals surface area contributed by atoms with Gasteiger partial charge in [-0.1, -0.05) is 29.3 Å². The molecule has 0 bridgehead atoms. The van der Waals surface area contributed by atoms with Crippen molar-refractivity contribution < 1.29 is 14.3 Å². The highest BCUT2D eigenvalue weighted by Crippen LogP contribution is 2.09. The molecule has 1 aromatic rings. The Hall–Kier alpha value is -1.19. The number of hydrogen-bond acceptors (Lipinski definition) is 3. The number of ketones is 1. The van der Waals surface area contributed by atoms with Crippen molar-refractivity contribution >= 4 is 5.78 Å². The van der Waals surface area contributed by atoms with E-state index in [9.17, 15) is 4.79 Å². The molecule has 0 spiro atoms. The third-order valence-corrected chi connectivity index (χ3v) is 2.38. The average molecular weight is 236 g/mol. The number of aryl methyl sites for hydroxylation is 2. The lowest BCUT2D eigenvalue weighted by molar-refractivity contribution is -0.123. The summed E-state index contributed by atoms with van der Waals surface area (Å²) in [6.07, 6.45) is 0.440. The third-order valence-electron chi connectivity index (χ3n) is 2.38. The van der Waals surface area contributed by atoms with E-state index >= 15 is 0 Å². The van der Waals surface area contributed by atoms with E-state index in [2.05, 4.69) is 6.07 Å². The zero-order chi connectivity index (χ0) is 12.7. The number of carbonyl (C=O) groups excluding carboxylic acids is 1. The van der Waals surface area contributed by atoms with E-state index in [1.165, 1.54) is 11.1 Å². The zero-order valence-electron chi connectivity index (χ0n) is 10.8. The van der Waals surface area contributed by atoms with Gasteiger partial charge in [0, 0.05) is 13.5 Å². The molecule has 0 aliphatic rings. The van der Waals surface area contributed by atoms with E-state index in [1.807, 2.05) is 26.0 Å². The van der Waals surface area contributed by atoms with Crippen LogP contribution in [-0.4, -0.2) is 32.7 Å². The predicted molar refractivity (Wildman–Crippen MR) is 67.3 cm³/mol. The molecule has 0 atom stereocenters. The zero-order valence-corrected chi connectivity index (χ0v) is 10.8. The summed E-state index contributed by atoms with van der Waals surface area (Å²) in [5.74, 6) is 0.103. The molecule has 0 unspecified atom stereocenters. The first-order chi connectivity index (χ1) is 8.11. The summed E-state index contributed by atoms with van der Waals surface area (Å²) in [7, 11) is 1.61. The maximum absolute atomic E-state index is 11.6. The van der Waals surface area contributed by atoms with Gasteiger partial charge in [0.1, 0.15) is 6.61 Å². The molecule has 0 aliphatic heterocycles. The number of benzene rings is 1. The van der Waals surface area contributed by atoms with Crippen LogP contribution in [0, 0.1) is 13.8 Å². The van der Waals surface area contributed by atoms with Crippen molar-refractivity contribution in [2.75, 3.05) is 26.9 Å². The fourth-order valence-electron chi connectivity index (χ4n) is 1.78. The van der Waals surface area contributed by atoms with Crippen LogP contribution in [-0.2, 0) is 20.7 Å². The third kappa shape index (κ3) is 5.61. The molecule has 0 N–H and O–H groups in total. The maximum atomic E-state index is 11.6. The summed E-state index contributed by atoms with van der Waals surface area (Å²) in [4.78, 5) is 11.6. The summed E-state index contributed by atoms with van der Waals surface area (Å²) in [5.41, 5.74) is 3.43. The Kier molecular flexibility index (Phi) is 5.87. The maximum Gasteiger partial charge on any atom is 0.162 e. The summed E-state index contributed by atoms with van der Waals surface area (Å²) in [5, 5.41) is 0. The molecular formula is C14H20O3. The van der Waals surface area contributed by atoms with E-state index in [-0.39, 0.29) is 12.4 Å². The van der Waals surface area contributed by atoms with Crippen molar-refractivity contribution in [2.45, 2.75) is 20.3 Å². The fraction of sp³-hybridized carbons (Fsp3) is 0.500. The predicted octanol–water partition coefficient (Wildman–Crippen LogP) is 2.08. The van der Waals surface area contributed by atoms with Crippen LogP contribution in [0.5, 0.6) is 0 Å². The highest BCUT2D eigenvalue weighted by Gasteiger charge is 2.05. The number of ether oxygens (including phenoxy) is 2. The molecule has 0 saturated heterocycles. The van der Waals surface area contributed by atoms with E-state index in [0.29, 0.717) is 19.6 Å². The van der Waals surface area contributed by atoms with Crippen LogP contribution in [0.15, 0.2) is 18.2 Å². The van der Waals surface area contributed by atoms with Gasteiger partial charge in [-0.15, -0.1) is 0 Å². The molecule has 0 fully saturated rings. The van der Waals surface area contributed by atoms with Gasteiger partial charge in [0.2, 0.25) is 0 Å². The molecule has 0 radical (unpaired) electrons. The van der Waals surface area contributed by atoms with E-state index in [1.54, 1.807) is 7.11 Å². The number of Topliss-reactive ketones (excluding diaryl/α,β-unsaturated/α-hetero) is 1. The Morgan fingerprint density at radius 1 is 1.12 bits per heavy atom. The Balaban J connectivity index is 2.39. The van der Waals surface area contributed by atoms with Gasteiger partial charge >= 0.3 is 0 Å². The Morgan fingerprint density at radius 3 is 2.35 bits per heavy atom. The minimum absolute atomic E-state index is 0.103. The first-order valence-electron chi connectivity index (χ1n) is 5.77. The van der Waals surface area contributed by atoms with E-state index in [0.717, 1.165) is 5.56 Å². The molecule has 1 aromatic carbocycles. The Morgan fingerprint density at radius 2 is 1.76 bits per heavy atom. The van der Waals surface area contributed by atoms with Crippen LogP contribution in [0.1, 0.15) is 16.7 Å². The highest BCUT2D eigenvalue weighted by molar-refractivity contribution is 5.82. The second-order valence-corrected chi connectivity index (χ2v) is 4.26. The van der Waals surface area contributed by atoms with E-state index < -0.39 is 0 Å². The largest absolute Gasteiger partial charge is 0.382 e. The number of hydrogen-bond donors (Lipinski definition) is 0. The van der Waals surface area contributed by atoms with Gasteiger partial charge in [0.25, 0.3) is 0 Å². The molecule has 94 valence electrons. The number of rotatable bonds is 7. The number of methoxy groups -OCH3 is 1. The average Bonchev–Trinajstić information content (AvgIpc) is 2.23. The van der Waals surface area contributed by atoms with Crippen molar-refractivity contribution in [1.82, 2.24) is 0 Å². The summed E-state index contributed by atoms with van der Waals surface area (Å²) in [6.45, 7) is 5.23. The second-order valence-electron chi connectivity index (χ2n) is 4.26. The number of carbonyl (C=O) groups is 1. The van der Waals surface area contributed by atoms with Crippen LogP contribution < -0.4 is 0 Å². The summed E-state index contributed by atoms with van der Waals surface area (Å²) in [6, 6.07) is 6.18. The fourth-order valence-corrected chi connectivity index (χ4v) is 1.78. The lowest BCUT2D eigenvalue weighted by atomic mass is 10.0. The van der Waals surface area contributed by atoms with Crippen molar-refractivity contribution in [1.29, 1.82) is 0 Å². The Labute approximate surface area is 103 Å². The van der Waals surface area contributed by atoms with Crippen molar-refractivity contribution in [3.8, 4) is 0 Å². The van der Waals surface area contributed by atoms with Gasteiger partial charge in [0.05, 0.1) is 13.2 Å². The minimum atomic E-state index is 0.103. The van der Waals surface area contributed by atoms with Crippen LogP contribution in [0.4, 0.5) is 0 Å². The molecule has 3 heteroatoms. The molecule has 0 heterocycles. The van der Waals surface area contributed by atoms with Crippen LogP contribution in [0.3, 0.4) is 0 Å². The molecule has 0 aliphatic carbocycles. The summed E-state index contributed by atoms with van der Waals surface area (Å²) >= 11 is 0. The van der Waals surface area contributed by atoms with Gasteiger partial charge < -0.3 is 9.47 Å². The molecule has 0 aromatic heterocycles. The Bertz CT molecular complexity index is 351. The lowest BCUT2D eigenvalue weighted by Crippen LogP contribution is -2.14. The SMILES string of the molecule is COCCOCC(=O)Cc1cc(C)cc(C)c1. The van der Waals surface area contributed by atoms with Gasteiger partial charge in [0.15, 0.2) is 5.78 Å². The first-order valence-corrected chi connectivity index (χ1v) is 5.77. The smallest absolute Gasteiger partial charge is 0.162 e. The molecule has 0 amide bonds. The van der Waals surface area contributed by atoms with E-state index in [4.69, 9.17) is 9.47 Å². The molecular weight excluding hydrogens is 216 g/mol. The minimum Gasteiger partial charge on any atom is -0.382 e. The van der Waals surface area contributed by atoms with Crippen molar-refractivity contribution in [2.24, 2.45) is 0 Å². The first kappa shape index (κ1) is 13.9. The van der Waals surface area contributed by atoms with Crippen LogP contribution in [0.25, 0.3) is 0 Å². The van der Waals surface area contributed by atoms with Gasteiger partial charge in [-0.05, 0) is 19.4 Å². The van der Waals surface area contributed by atoms with Gasteiger partial charge in [-0.2, -0.15) is 0 Å². The quantitative estimate of drug-likeness (QED) is 0.680. The standard InChI is InChI=1S/C14H20O3/c1-11-6-12(2)8-13(7-11)9-14(15)10-17-5-4-16-3/h6-8H,4-5,9-10H2,1-3H3. The highest BCUT2D eigenvalue weighted by atomic mass is 16.5. The van der Waals surface area contributed by atoms with Crippen LogP contribution in [0.2, 0.25) is 0 Å². The molecule has 3 nitrogen and oxygen atoms in total. The van der Waals surface area contributed by atoms with Crippen LogP contribution >= 0.6 is 0 Å².